The van der Waals surface area contributed by atoms with E-state index in [1.54, 1.807) is 6.20 Å². The maximum absolute atomic E-state index is 4.52. The molecule has 0 radical (unpaired) electrons. The molecule has 0 aliphatic rings. The minimum absolute atomic E-state index is 0.847. The third-order valence-electron chi connectivity index (χ3n) is 2.33. The van der Waals surface area contributed by atoms with Crippen molar-refractivity contribution < 1.29 is 0 Å². The molecule has 0 aromatic carbocycles. The van der Waals surface area contributed by atoms with E-state index in [2.05, 4.69) is 44.1 Å². The van der Waals surface area contributed by atoms with E-state index >= 15 is 0 Å². The van der Waals surface area contributed by atoms with Gasteiger partial charge >= 0.3 is 0 Å². The van der Waals surface area contributed by atoms with Crippen LogP contribution < -0.4 is 0 Å². The van der Waals surface area contributed by atoms with Crippen LogP contribution >= 0.6 is 15.9 Å². The van der Waals surface area contributed by atoms with E-state index in [1.807, 2.05) is 6.20 Å². The topological polar surface area (TPSA) is 30.2 Å². The molecule has 0 aliphatic carbocycles. The number of rotatable bonds is 2. The van der Waals surface area contributed by atoms with Crippen molar-refractivity contribution in [1.29, 1.82) is 0 Å². The van der Waals surface area contributed by atoms with E-state index in [0.717, 1.165) is 23.1 Å². The lowest BCUT2D eigenvalue weighted by molar-refractivity contribution is 0.934. The predicted molar refractivity (Wildman–Crippen MR) is 59.4 cm³/mol. The Hall–Kier alpha value is -0.900. The second-order valence-corrected chi connectivity index (χ2v) is 3.96. The highest BCUT2D eigenvalue weighted by molar-refractivity contribution is 9.10. The molecule has 0 bridgehead atoms. The van der Waals surface area contributed by atoms with Gasteiger partial charge in [0.25, 0.3) is 0 Å². The monoisotopic (exact) mass is 253 g/mol. The predicted octanol–water partition coefficient (Wildman–Crippen LogP) is 2.62. The Morgan fingerprint density at radius 3 is 2.79 bits per heavy atom. The Morgan fingerprint density at radius 2 is 2.14 bits per heavy atom. The molecule has 0 spiro atoms. The maximum Gasteiger partial charge on any atom is 0.155 e. The van der Waals surface area contributed by atoms with Gasteiger partial charge in [-0.1, -0.05) is 13.8 Å². The van der Waals surface area contributed by atoms with E-state index < -0.39 is 0 Å². The molecule has 2 heterocycles. The van der Waals surface area contributed by atoms with Crippen LogP contribution in [-0.2, 0) is 12.8 Å². The normalized spacial score (nSPS) is 11.1. The smallest absolute Gasteiger partial charge is 0.155 e. The van der Waals surface area contributed by atoms with Gasteiger partial charge in [-0.2, -0.15) is 0 Å². The van der Waals surface area contributed by atoms with Crippen LogP contribution in [0.25, 0.3) is 5.65 Å². The molecular formula is C10H12BrN3. The quantitative estimate of drug-likeness (QED) is 0.824. The van der Waals surface area contributed by atoms with Crippen molar-refractivity contribution in [3.05, 3.63) is 28.4 Å². The summed E-state index contributed by atoms with van der Waals surface area (Å²) in [7, 11) is 0. The second kappa shape index (κ2) is 3.69. The maximum atomic E-state index is 4.52. The van der Waals surface area contributed by atoms with Crippen LogP contribution in [0.3, 0.4) is 0 Å². The third kappa shape index (κ3) is 1.43. The van der Waals surface area contributed by atoms with Crippen LogP contribution in [-0.4, -0.2) is 14.4 Å². The van der Waals surface area contributed by atoms with Gasteiger partial charge in [-0.25, -0.2) is 9.97 Å². The van der Waals surface area contributed by atoms with Crippen molar-refractivity contribution in [3.63, 3.8) is 0 Å². The SMILES string of the molecule is CCc1nc2cnc(Br)cn2c1CC. The zero-order valence-corrected chi connectivity index (χ0v) is 9.87. The van der Waals surface area contributed by atoms with Crippen LogP contribution in [0.2, 0.25) is 0 Å². The number of hydrogen-bond donors (Lipinski definition) is 0. The minimum atomic E-state index is 0.847. The van der Waals surface area contributed by atoms with Crippen molar-refractivity contribution in [2.75, 3.05) is 0 Å². The second-order valence-electron chi connectivity index (χ2n) is 3.15. The fourth-order valence-electron chi connectivity index (χ4n) is 1.69. The highest BCUT2D eigenvalue weighted by Crippen LogP contribution is 2.15. The average molecular weight is 254 g/mol. The zero-order chi connectivity index (χ0) is 10.1. The number of halogens is 1. The third-order valence-corrected chi connectivity index (χ3v) is 2.74. The number of nitrogens with zero attached hydrogens (tertiary/aromatic N) is 3. The molecule has 0 unspecified atom stereocenters. The van der Waals surface area contributed by atoms with Crippen LogP contribution in [0, 0.1) is 0 Å². The molecule has 4 heteroatoms. The van der Waals surface area contributed by atoms with Crippen molar-refractivity contribution in [3.8, 4) is 0 Å². The Labute approximate surface area is 91.3 Å². The van der Waals surface area contributed by atoms with Crippen molar-refractivity contribution >= 4 is 21.6 Å². The summed E-state index contributed by atoms with van der Waals surface area (Å²) in [5, 5.41) is 0. The fourth-order valence-corrected chi connectivity index (χ4v) is 1.99. The molecular weight excluding hydrogens is 242 g/mol. The lowest BCUT2D eigenvalue weighted by atomic mass is 10.2. The largest absolute Gasteiger partial charge is 0.300 e. The summed E-state index contributed by atoms with van der Waals surface area (Å²) in [5.41, 5.74) is 3.39. The standard InChI is InChI=1S/C10H12BrN3/c1-3-7-8(4-2)14-6-9(11)12-5-10(14)13-7/h5-6H,3-4H2,1-2H3. The Bertz CT molecular complexity index is 462. The number of imidazole rings is 1. The fraction of sp³-hybridized carbons (Fsp3) is 0.400. The molecule has 0 aliphatic heterocycles. The lowest BCUT2D eigenvalue weighted by Crippen LogP contribution is -1.94. The van der Waals surface area contributed by atoms with Gasteiger partial charge in [0.2, 0.25) is 0 Å². The van der Waals surface area contributed by atoms with E-state index in [4.69, 9.17) is 0 Å². The van der Waals surface area contributed by atoms with Crippen molar-refractivity contribution in [1.82, 2.24) is 14.4 Å². The molecule has 0 atom stereocenters. The van der Waals surface area contributed by atoms with Gasteiger partial charge in [-0.05, 0) is 28.8 Å². The molecule has 0 amide bonds. The van der Waals surface area contributed by atoms with Gasteiger partial charge in [0.15, 0.2) is 5.65 Å². The molecule has 3 nitrogen and oxygen atoms in total. The average Bonchev–Trinajstić information content (AvgIpc) is 2.54. The van der Waals surface area contributed by atoms with E-state index in [9.17, 15) is 0 Å². The molecule has 2 aromatic rings. The minimum Gasteiger partial charge on any atom is -0.300 e. The highest BCUT2D eigenvalue weighted by Gasteiger charge is 2.08. The summed E-state index contributed by atoms with van der Waals surface area (Å²) in [5.74, 6) is 0. The molecule has 0 saturated carbocycles. The van der Waals surface area contributed by atoms with Gasteiger partial charge in [-0.15, -0.1) is 0 Å². The van der Waals surface area contributed by atoms with Crippen LogP contribution in [0.5, 0.6) is 0 Å². The van der Waals surface area contributed by atoms with Gasteiger partial charge in [-0.3, -0.25) is 4.40 Å². The molecule has 0 N–H and O–H groups in total. The number of aromatic nitrogens is 3. The first-order valence-electron chi connectivity index (χ1n) is 4.77. The van der Waals surface area contributed by atoms with Crippen LogP contribution in [0.15, 0.2) is 17.0 Å². The summed E-state index contributed by atoms with van der Waals surface area (Å²) in [4.78, 5) is 8.69. The zero-order valence-electron chi connectivity index (χ0n) is 8.29. The Kier molecular flexibility index (Phi) is 2.54. The van der Waals surface area contributed by atoms with E-state index in [0.29, 0.717) is 0 Å². The highest BCUT2D eigenvalue weighted by atomic mass is 79.9. The van der Waals surface area contributed by atoms with Crippen molar-refractivity contribution in [2.45, 2.75) is 26.7 Å². The van der Waals surface area contributed by atoms with Crippen LogP contribution in [0.4, 0.5) is 0 Å². The summed E-state index contributed by atoms with van der Waals surface area (Å²) in [6.07, 6.45) is 5.74. The summed E-state index contributed by atoms with van der Waals surface area (Å²) in [6.45, 7) is 4.28. The first-order chi connectivity index (χ1) is 6.76. The molecule has 2 aromatic heterocycles. The molecule has 14 heavy (non-hydrogen) atoms. The van der Waals surface area contributed by atoms with Gasteiger partial charge in [0, 0.05) is 11.9 Å². The molecule has 0 saturated heterocycles. The van der Waals surface area contributed by atoms with E-state index in [-0.39, 0.29) is 0 Å². The Morgan fingerprint density at radius 1 is 1.36 bits per heavy atom. The number of fused-ring (bicyclic) bond motifs is 1. The molecule has 74 valence electrons. The van der Waals surface area contributed by atoms with E-state index in [1.165, 1.54) is 11.4 Å². The number of aryl methyl sites for hydroxylation is 2. The van der Waals surface area contributed by atoms with Gasteiger partial charge in [0.05, 0.1) is 11.9 Å². The molecule has 2 rings (SSSR count). The number of hydrogen-bond acceptors (Lipinski definition) is 2. The first-order valence-corrected chi connectivity index (χ1v) is 5.57. The summed E-state index contributed by atoms with van der Waals surface area (Å²) in [6, 6.07) is 0. The van der Waals surface area contributed by atoms with Crippen molar-refractivity contribution in [2.24, 2.45) is 0 Å². The Balaban J connectivity index is 2.74. The summed E-state index contributed by atoms with van der Waals surface area (Å²) < 4.78 is 2.95. The van der Waals surface area contributed by atoms with Crippen LogP contribution in [0.1, 0.15) is 25.2 Å². The summed E-state index contributed by atoms with van der Waals surface area (Å²) >= 11 is 3.37. The van der Waals surface area contributed by atoms with Gasteiger partial charge < -0.3 is 0 Å². The lowest BCUT2D eigenvalue weighted by Gasteiger charge is -1.99. The first kappa shape index (κ1) is 9.65. The molecule has 0 fully saturated rings. The van der Waals surface area contributed by atoms with Gasteiger partial charge in [0.1, 0.15) is 4.60 Å².